The second-order valence-electron chi connectivity index (χ2n) is 6.95. The fraction of sp³-hybridized carbons (Fsp3) is 0.316. The van der Waals surface area contributed by atoms with Gasteiger partial charge in [0, 0.05) is 42.9 Å². The summed E-state index contributed by atoms with van der Waals surface area (Å²) in [7, 11) is -3.21. The molecule has 0 amide bonds. The van der Waals surface area contributed by atoms with Crippen molar-refractivity contribution >= 4 is 38.8 Å². The molecule has 27 heavy (non-hydrogen) atoms. The Balaban J connectivity index is 1.50. The van der Waals surface area contributed by atoms with Gasteiger partial charge in [-0.15, -0.1) is 0 Å². The lowest BCUT2D eigenvalue weighted by atomic mass is 9.96. The van der Waals surface area contributed by atoms with Crippen molar-refractivity contribution in [2.45, 2.75) is 23.5 Å². The van der Waals surface area contributed by atoms with E-state index >= 15 is 0 Å². The zero-order valence-corrected chi connectivity index (χ0v) is 16.3. The quantitative estimate of drug-likeness (QED) is 0.771. The van der Waals surface area contributed by atoms with Crippen LogP contribution in [0, 0.1) is 0 Å². The first-order valence-electron chi connectivity index (χ1n) is 8.62. The minimum atomic E-state index is -3.21. The van der Waals surface area contributed by atoms with Crippen LogP contribution in [-0.2, 0) is 14.6 Å². The summed E-state index contributed by atoms with van der Waals surface area (Å²) in [6.07, 6.45) is 2.41. The maximum absolute atomic E-state index is 12.4. The molecule has 2 aliphatic rings. The number of hydrogen-bond acceptors (Lipinski definition) is 6. The number of nitrogens with zero attached hydrogens (tertiary/aromatic N) is 1. The zero-order chi connectivity index (χ0) is 19.2. The van der Waals surface area contributed by atoms with E-state index < -0.39 is 15.6 Å². The van der Waals surface area contributed by atoms with Crippen molar-refractivity contribution in [3.05, 3.63) is 53.1 Å². The third-order valence-electron chi connectivity index (χ3n) is 5.05. The Hall–Kier alpha value is -2.25. The molecule has 2 aromatic carbocycles. The summed E-state index contributed by atoms with van der Waals surface area (Å²) in [6.45, 7) is 1.35. The summed E-state index contributed by atoms with van der Waals surface area (Å²) in [5.74, 6) is -0.341. The van der Waals surface area contributed by atoms with Crippen molar-refractivity contribution < 1.29 is 17.9 Å². The molecule has 0 bridgehead atoms. The standard InChI is InChI=1S/C19H19ClN2O4S/c1-27(24,25)15-5-3-14(4-6-15)22-10-8-19(9-11-22)21-17-12-13(20)2-7-16(17)18(23)26-19/h2-7,12,21H,8-11H2,1H3. The van der Waals surface area contributed by atoms with Gasteiger partial charge in [-0.3, -0.25) is 0 Å². The van der Waals surface area contributed by atoms with Gasteiger partial charge in [0.05, 0.1) is 16.1 Å². The minimum Gasteiger partial charge on any atom is -0.435 e. The van der Waals surface area contributed by atoms with E-state index in [1.807, 2.05) is 12.1 Å². The highest BCUT2D eigenvalue weighted by atomic mass is 35.5. The predicted octanol–water partition coefficient (Wildman–Crippen LogP) is 3.32. The molecular formula is C19H19ClN2O4S. The van der Waals surface area contributed by atoms with E-state index in [1.165, 1.54) is 6.26 Å². The average Bonchev–Trinajstić information content (AvgIpc) is 2.61. The summed E-state index contributed by atoms with van der Waals surface area (Å²) < 4.78 is 28.9. The van der Waals surface area contributed by atoms with Gasteiger partial charge in [-0.2, -0.15) is 0 Å². The van der Waals surface area contributed by atoms with Crippen molar-refractivity contribution in [2.75, 3.05) is 29.6 Å². The largest absolute Gasteiger partial charge is 0.435 e. The Morgan fingerprint density at radius 3 is 2.41 bits per heavy atom. The van der Waals surface area contributed by atoms with Gasteiger partial charge in [0.2, 0.25) is 0 Å². The topological polar surface area (TPSA) is 75.7 Å². The van der Waals surface area contributed by atoms with E-state index in [-0.39, 0.29) is 5.97 Å². The predicted molar refractivity (Wildman–Crippen MR) is 104 cm³/mol. The highest BCUT2D eigenvalue weighted by molar-refractivity contribution is 7.90. The van der Waals surface area contributed by atoms with Crippen molar-refractivity contribution in [1.29, 1.82) is 0 Å². The highest BCUT2D eigenvalue weighted by Crippen LogP contribution is 2.37. The number of carbonyl (C=O) groups is 1. The molecule has 1 fully saturated rings. The first-order valence-corrected chi connectivity index (χ1v) is 10.9. The molecular weight excluding hydrogens is 388 g/mol. The molecule has 0 atom stereocenters. The van der Waals surface area contributed by atoms with Gasteiger partial charge >= 0.3 is 5.97 Å². The zero-order valence-electron chi connectivity index (χ0n) is 14.7. The van der Waals surface area contributed by atoms with E-state index in [9.17, 15) is 13.2 Å². The number of piperidine rings is 1. The van der Waals surface area contributed by atoms with Crippen molar-refractivity contribution in [3.8, 4) is 0 Å². The first-order chi connectivity index (χ1) is 12.8. The smallest absolute Gasteiger partial charge is 0.342 e. The Morgan fingerprint density at radius 2 is 1.78 bits per heavy atom. The summed E-state index contributed by atoms with van der Waals surface area (Å²) in [5, 5.41) is 3.92. The number of benzene rings is 2. The van der Waals surface area contributed by atoms with Crippen molar-refractivity contribution in [2.24, 2.45) is 0 Å². The van der Waals surface area contributed by atoms with Crippen molar-refractivity contribution in [3.63, 3.8) is 0 Å². The molecule has 1 saturated heterocycles. The maximum Gasteiger partial charge on any atom is 0.342 e. The number of sulfone groups is 1. The molecule has 0 radical (unpaired) electrons. The van der Waals surface area contributed by atoms with Crippen LogP contribution < -0.4 is 10.2 Å². The molecule has 2 aliphatic heterocycles. The van der Waals surface area contributed by atoms with E-state index in [1.54, 1.807) is 30.3 Å². The number of halogens is 1. The van der Waals surface area contributed by atoms with E-state index in [2.05, 4.69) is 10.2 Å². The normalized spacial score (nSPS) is 18.6. The SMILES string of the molecule is CS(=O)(=O)c1ccc(N2CCC3(CC2)Nc2cc(Cl)ccc2C(=O)O3)cc1. The number of esters is 1. The number of ether oxygens (including phenoxy) is 1. The lowest BCUT2D eigenvalue weighted by Crippen LogP contribution is -2.54. The molecule has 0 aromatic heterocycles. The number of anilines is 2. The average molecular weight is 407 g/mol. The monoisotopic (exact) mass is 406 g/mol. The molecule has 4 rings (SSSR count). The van der Waals surface area contributed by atoms with Crippen LogP contribution in [0.4, 0.5) is 11.4 Å². The van der Waals surface area contributed by atoms with Gasteiger partial charge in [0.1, 0.15) is 0 Å². The second-order valence-corrected chi connectivity index (χ2v) is 9.40. The third-order valence-corrected chi connectivity index (χ3v) is 6.42. The van der Waals surface area contributed by atoms with Crippen LogP contribution in [0.25, 0.3) is 0 Å². The third kappa shape index (κ3) is 3.49. The Labute approximate surface area is 163 Å². The molecule has 2 aromatic rings. The lowest BCUT2D eigenvalue weighted by Gasteiger charge is -2.45. The molecule has 0 aliphatic carbocycles. The second kappa shape index (κ2) is 6.42. The number of fused-ring (bicyclic) bond motifs is 1. The van der Waals surface area contributed by atoms with Crippen LogP contribution in [-0.4, -0.2) is 39.5 Å². The fourth-order valence-corrected chi connectivity index (χ4v) is 4.36. The fourth-order valence-electron chi connectivity index (χ4n) is 3.56. The molecule has 8 heteroatoms. The van der Waals surface area contributed by atoms with E-state index in [4.69, 9.17) is 16.3 Å². The van der Waals surface area contributed by atoms with Gasteiger partial charge < -0.3 is 15.0 Å². The number of hydrogen-bond donors (Lipinski definition) is 1. The molecule has 1 N–H and O–H groups in total. The van der Waals surface area contributed by atoms with Gasteiger partial charge in [-0.05, 0) is 42.5 Å². The minimum absolute atomic E-state index is 0.302. The van der Waals surface area contributed by atoms with Crippen LogP contribution >= 0.6 is 11.6 Å². The maximum atomic E-state index is 12.4. The van der Waals surface area contributed by atoms with Gasteiger partial charge in [-0.25, -0.2) is 13.2 Å². The van der Waals surface area contributed by atoms with Gasteiger partial charge in [0.25, 0.3) is 0 Å². The van der Waals surface area contributed by atoms with Crippen LogP contribution in [0.3, 0.4) is 0 Å². The Morgan fingerprint density at radius 1 is 1.11 bits per heavy atom. The highest BCUT2D eigenvalue weighted by Gasteiger charge is 2.42. The molecule has 1 spiro atoms. The Kier molecular flexibility index (Phi) is 4.31. The van der Waals surface area contributed by atoms with E-state index in [0.29, 0.717) is 47.1 Å². The van der Waals surface area contributed by atoms with Gasteiger partial charge in [-0.1, -0.05) is 11.6 Å². The first kappa shape index (κ1) is 18.1. The molecule has 142 valence electrons. The lowest BCUT2D eigenvalue weighted by molar-refractivity contribution is -0.0195. The molecule has 0 unspecified atom stereocenters. The summed E-state index contributed by atoms with van der Waals surface area (Å²) in [4.78, 5) is 14.8. The number of nitrogens with one attached hydrogen (secondary N) is 1. The van der Waals surface area contributed by atoms with Crippen LogP contribution in [0.15, 0.2) is 47.4 Å². The van der Waals surface area contributed by atoms with Crippen LogP contribution in [0.2, 0.25) is 5.02 Å². The van der Waals surface area contributed by atoms with Crippen LogP contribution in [0.1, 0.15) is 23.2 Å². The molecule has 0 saturated carbocycles. The Bertz CT molecular complexity index is 997. The van der Waals surface area contributed by atoms with Crippen LogP contribution in [0.5, 0.6) is 0 Å². The van der Waals surface area contributed by atoms with Crippen molar-refractivity contribution in [1.82, 2.24) is 0 Å². The van der Waals surface area contributed by atoms with Gasteiger partial charge in [0.15, 0.2) is 15.6 Å². The summed E-state index contributed by atoms with van der Waals surface area (Å²) in [6, 6.07) is 11.9. The number of rotatable bonds is 2. The van der Waals surface area contributed by atoms with E-state index in [0.717, 1.165) is 5.69 Å². The number of carbonyl (C=O) groups excluding carboxylic acids is 1. The summed E-state index contributed by atoms with van der Waals surface area (Å²) >= 11 is 6.06. The molecule has 2 heterocycles. The summed E-state index contributed by atoms with van der Waals surface area (Å²) in [5.41, 5.74) is 1.40. The molecule has 6 nitrogen and oxygen atoms in total.